The fourth-order valence-corrected chi connectivity index (χ4v) is 8.82. The summed E-state index contributed by atoms with van der Waals surface area (Å²) in [6.45, 7) is 4.39. The van der Waals surface area contributed by atoms with Crippen LogP contribution in [0.5, 0.6) is 0 Å². The van der Waals surface area contributed by atoms with E-state index < -0.39 is 95.9 Å². The number of fused-ring (bicyclic) bond motifs is 1. The first-order valence-corrected chi connectivity index (χ1v) is 22.9. The molecule has 0 unspecified atom stereocenters. The van der Waals surface area contributed by atoms with E-state index in [-0.39, 0.29) is 44.7 Å². The SMILES string of the molecule is C[C@H](NC(=O)[C@H](Cc1c[nH]c2ccccc12)NC(=O)[C@H](CCCCN)NC(=O)[C@@H]1C[C@@H](O)CN1C(=O)[C@H](C)NC(=O)[C@@H]1CCCN1)C(=O)N1CCC[C@H]1C(=O)N[C@@H](CCCCN)C(=O)O. The van der Waals surface area contributed by atoms with Crippen LogP contribution in [-0.4, -0.2) is 159 Å². The number of β-amino-alcohol motifs (C(OH)–C–C–N with tert-alkyl or cyclic N) is 1. The lowest BCUT2D eigenvalue weighted by Crippen LogP contribution is -2.59. The molecule has 21 nitrogen and oxygen atoms in total. The van der Waals surface area contributed by atoms with Crippen LogP contribution in [0.2, 0.25) is 0 Å². The molecule has 3 fully saturated rings. The summed E-state index contributed by atoms with van der Waals surface area (Å²) < 4.78 is 0. The number of carbonyl (C=O) groups is 8. The number of nitrogens with zero attached hydrogens (tertiary/aromatic N) is 2. The number of aliphatic hydroxyl groups is 1. The number of benzene rings is 1. The molecule has 21 heteroatoms. The number of aromatic nitrogens is 1. The molecule has 3 saturated heterocycles. The molecule has 5 rings (SSSR count). The minimum atomic E-state index is -1.28. The van der Waals surface area contributed by atoms with E-state index in [2.05, 4.69) is 36.9 Å². The Morgan fingerprint density at radius 1 is 0.738 bits per heavy atom. The van der Waals surface area contributed by atoms with Crippen molar-refractivity contribution >= 4 is 58.2 Å². The van der Waals surface area contributed by atoms with E-state index in [0.29, 0.717) is 70.1 Å². The number of likely N-dealkylation sites (tertiary alicyclic amines) is 2. The molecular formula is C44H67N11O10. The van der Waals surface area contributed by atoms with Crippen LogP contribution in [0.3, 0.4) is 0 Å². The van der Waals surface area contributed by atoms with Crippen molar-refractivity contribution in [3.8, 4) is 0 Å². The molecule has 0 radical (unpaired) electrons. The minimum absolute atomic E-state index is 0.0292. The van der Waals surface area contributed by atoms with Gasteiger partial charge in [-0.1, -0.05) is 18.2 Å². The topological polar surface area (TPSA) is 324 Å². The molecule has 0 aliphatic carbocycles. The maximum atomic E-state index is 14.3. The van der Waals surface area contributed by atoms with Crippen LogP contribution in [0.4, 0.5) is 0 Å². The summed E-state index contributed by atoms with van der Waals surface area (Å²) in [5, 5.41) is 37.7. The van der Waals surface area contributed by atoms with Gasteiger partial charge in [0, 0.05) is 43.0 Å². The van der Waals surface area contributed by atoms with Gasteiger partial charge in [0.15, 0.2) is 0 Å². The molecule has 0 spiro atoms. The largest absolute Gasteiger partial charge is 0.480 e. The Hall–Kier alpha value is -5.64. The van der Waals surface area contributed by atoms with Crippen LogP contribution in [0.1, 0.15) is 90.0 Å². The molecule has 1 aromatic heterocycles. The Labute approximate surface area is 378 Å². The molecule has 3 aliphatic rings. The highest BCUT2D eigenvalue weighted by molar-refractivity contribution is 5.98. The number of aliphatic hydroxyl groups excluding tert-OH is 1. The fourth-order valence-electron chi connectivity index (χ4n) is 8.82. The van der Waals surface area contributed by atoms with E-state index in [9.17, 15) is 48.6 Å². The zero-order valence-corrected chi connectivity index (χ0v) is 37.3. The standard InChI is InChI=1S/C44H67N11O10/c1-25(42(62)54-20-10-16-35(54)40(60)52-33(44(64)65)14-6-8-18-46)50-39(59)34(21-27-23-48-30-12-4-3-11-29(27)30)53-38(58)32(13-5-7-17-45)51-41(61)36-22-28(56)24-55(36)43(63)26(2)49-37(57)31-15-9-19-47-31/h3-4,11-12,23,25-26,28,31-36,47-48,56H,5-10,13-22,24,45-46H2,1-2H3,(H,49,57)(H,50,59)(H,51,61)(H,52,60)(H,53,58)(H,64,65)/t25-,26-,28+,31-,32-,33-,34-,35-,36-/m0/s1. The molecule has 1 aromatic carbocycles. The van der Waals surface area contributed by atoms with Crippen LogP contribution in [0, 0.1) is 0 Å². The van der Waals surface area contributed by atoms with E-state index in [1.807, 2.05) is 24.3 Å². The lowest BCUT2D eigenvalue weighted by Gasteiger charge is -2.30. The van der Waals surface area contributed by atoms with Crippen molar-refractivity contribution in [1.82, 2.24) is 46.7 Å². The van der Waals surface area contributed by atoms with Gasteiger partial charge in [0.1, 0.15) is 42.3 Å². The number of carboxylic acid groups (broad SMARTS) is 1. The van der Waals surface area contributed by atoms with Crippen molar-refractivity contribution in [3.05, 3.63) is 36.0 Å². The fraction of sp³-hybridized carbons (Fsp3) is 0.636. The van der Waals surface area contributed by atoms with Gasteiger partial charge in [0.25, 0.3) is 0 Å². The molecule has 13 N–H and O–H groups in total. The van der Waals surface area contributed by atoms with Crippen LogP contribution in [0.15, 0.2) is 30.5 Å². The van der Waals surface area contributed by atoms with Crippen LogP contribution >= 0.6 is 0 Å². The first kappa shape index (κ1) is 50.4. The number of para-hydroxylation sites is 1. The summed E-state index contributed by atoms with van der Waals surface area (Å²) in [6, 6.07) is -0.984. The minimum Gasteiger partial charge on any atom is -0.480 e. The van der Waals surface area contributed by atoms with Crippen molar-refractivity contribution < 1.29 is 48.6 Å². The van der Waals surface area contributed by atoms with Gasteiger partial charge >= 0.3 is 5.97 Å². The third kappa shape index (κ3) is 13.5. The highest BCUT2D eigenvalue weighted by Gasteiger charge is 2.43. The average molecular weight is 910 g/mol. The van der Waals surface area contributed by atoms with Gasteiger partial charge in [0.05, 0.1) is 12.1 Å². The van der Waals surface area contributed by atoms with Crippen molar-refractivity contribution in [2.75, 3.05) is 32.7 Å². The summed E-state index contributed by atoms with van der Waals surface area (Å²) in [4.78, 5) is 114. The number of aromatic amines is 1. The third-order valence-electron chi connectivity index (χ3n) is 12.4. The third-order valence-corrected chi connectivity index (χ3v) is 12.4. The summed E-state index contributed by atoms with van der Waals surface area (Å²) in [7, 11) is 0. The normalized spacial score (nSPS) is 21.8. The number of hydrogen-bond donors (Lipinski definition) is 11. The van der Waals surface area contributed by atoms with Gasteiger partial charge in [-0.15, -0.1) is 0 Å². The van der Waals surface area contributed by atoms with Gasteiger partial charge in [-0.2, -0.15) is 0 Å². The predicted octanol–water partition coefficient (Wildman–Crippen LogP) is -1.78. The zero-order chi connectivity index (χ0) is 47.2. The van der Waals surface area contributed by atoms with Crippen molar-refractivity contribution in [1.29, 1.82) is 0 Å². The van der Waals surface area contributed by atoms with Crippen molar-refractivity contribution in [2.24, 2.45) is 11.5 Å². The number of carboxylic acids is 1. The second-order valence-electron chi connectivity index (χ2n) is 17.3. The summed E-state index contributed by atoms with van der Waals surface area (Å²) in [6.07, 6.45) is 5.06. The number of hydrogen-bond acceptors (Lipinski definition) is 12. The first-order chi connectivity index (χ1) is 31.1. The Morgan fingerprint density at radius 2 is 1.37 bits per heavy atom. The Balaban J connectivity index is 1.30. The van der Waals surface area contributed by atoms with E-state index in [1.54, 1.807) is 6.20 Å². The van der Waals surface area contributed by atoms with E-state index in [1.165, 1.54) is 23.6 Å². The van der Waals surface area contributed by atoms with Gasteiger partial charge in [-0.25, -0.2) is 4.79 Å². The van der Waals surface area contributed by atoms with E-state index >= 15 is 0 Å². The molecular weight excluding hydrogens is 843 g/mol. The van der Waals surface area contributed by atoms with E-state index in [4.69, 9.17) is 11.5 Å². The second-order valence-corrected chi connectivity index (χ2v) is 17.3. The maximum absolute atomic E-state index is 14.3. The molecule has 9 atom stereocenters. The summed E-state index contributed by atoms with van der Waals surface area (Å²) in [5.41, 5.74) is 12.8. The molecule has 65 heavy (non-hydrogen) atoms. The Morgan fingerprint density at radius 3 is 2.05 bits per heavy atom. The molecule has 4 heterocycles. The van der Waals surface area contributed by atoms with Crippen molar-refractivity contribution in [3.63, 3.8) is 0 Å². The Kier molecular flexibility index (Phi) is 18.6. The smallest absolute Gasteiger partial charge is 0.326 e. The number of unbranched alkanes of at least 4 members (excludes halogenated alkanes) is 2. The molecule has 0 bridgehead atoms. The number of aliphatic carboxylic acids is 1. The number of H-pyrrole nitrogens is 1. The van der Waals surface area contributed by atoms with Gasteiger partial charge in [-0.3, -0.25) is 33.6 Å². The predicted molar refractivity (Wildman–Crippen MR) is 238 cm³/mol. The number of rotatable bonds is 23. The lowest BCUT2D eigenvalue weighted by atomic mass is 10.0. The number of nitrogens with one attached hydrogen (secondary N) is 7. The van der Waals surface area contributed by atoms with Crippen LogP contribution < -0.4 is 43.4 Å². The van der Waals surface area contributed by atoms with Gasteiger partial charge in [-0.05, 0) is 109 Å². The monoisotopic (exact) mass is 910 g/mol. The molecule has 0 saturated carbocycles. The highest BCUT2D eigenvalue weighted by Crippen LogP contribution is 2.23. The Bertz CT molecular complexity index is 2010. The quantitative estimate of drug-likeness (QED) is 0.0551. The number of carbonyl (C=O) groups excluding carboxylic acids is 7. The number of amides is 7. The molecule has 7 amide bonds. The highest BCUT2D eigenvalue weighted by atomic mass is 16.4. The van der Waals surface area contributed by atoms with Gasteiger partial charge < -0.3 is 68.4 Å². The van der Waals surface area contributed by atoms with Crippen molar-refractivity contribution in [2.45, 2.75) is 145 Å². The summed E-state index contributed by atoms with van der Waals surface area (Å²) >= 11 is 0. The van der Waals surface area contributed by atoms with Gasteiger partial charge in [0.2, 0.25) is 41.4 Å². The second kappa shape index (κ2) is 24.0. The lowest BCUT2D eigenvalue weighted by molar-refractivity contribution is -0.145. The van der Waals surface area contributed by atoms with Crippen LogP contribution in [-0.2, 0) is 44.8 Å². The van der Waals surface area contributed by atoms with E-state index in [0.717, 1.165) is 17.3 Å². The molecule has 2 aromatic rings. The summed E-state index contributed by atoms with van der Waals surface area (Å²) in [5.74, 6) is -5.43. The average Bonchev–Trinajstić information content (AvgIpc) is 4.13. The molecule has 358 valence electrons. The number of nitrogens with two attached hydrogens (primary N) is 2. The first-order valence-electron chi connectivity index (χ1n) is 22.9. The maximum Gasteiger partial charge on any atom is 0.326 e. The molecule has 3 aliphatic heterocycles. The van der Waals surface area contributed by atoms with Crippen LogP contribution in [0.25, 0.3) is 10.9 Å². The zero-order valence-electron chi connectivity index (χ0n) is 37.3.